The van der Waals surface area contributed by atoms with Crippen LogP contribution in [0.25, 0.3) is 0 Å². The van der Waals surface area contributed by atoms with Crippen LogP contribution in [0.5, 0.6) is 5.75 Å². The Balaban J connectivity index is 2.00. The molecule has 2 aromatic carbocycles. The van der Waals surface area contributed by atoms with Gasteiger partial charge in [0.15, 0.2) is 0 Å². The van der Waals surface area contributed by atoms with Crippen molar-refractivity contribution in [1.82, 2.24) is 5.32 Å². The van der Waals surface area contributed by atoms with Gasteiger partial charge in [-0.25, -0.2) is 0 Å². The monoisotopic (exact) mass is 298 g/mol. The minimum atomic E-state index is -0.177. The average molecular weight is 298 g/mol. The first-order valence-corrected chi connectivity index (χ1v) is 6.87. The Morgan fingerprint density at radius 1 is 1.09 bits per heavy atom. The number of hydrogen-bond acceptors (Lipinski definition) is 3. The van der Waals surface area contributed by atoms with Crippen LogP contribution in [0.15, 0.2) is 48.5 Å². The number of carbonyl (C=O) groups is 2. The smallest absolute Gasteiger partial charge is 0.251 e. The molecule has 5 heteroatoms. The topological polar surface area (TPSA) is 67.4 Å². The molecule has 5 nitrogen and oxygen atoms in total. The highest BCUT2D eigenvalue weighted by Gasteiger charge is 2.06. The minimum Gasteiger partial charge on any atom is -0.497 e. The summed E-state index contributed by atoms with van der Waals surface area (Å²) >= 11 is 0. The van der Waals surface area contributed by atoms with Crippen LogP contribution in [0, 0.1) is 0 Å². The van der Waals surface area contributed by atoms with Crippen molar-refractivity contribution >= 4 is 17.5 Å². The van der Waals surface area contributed by atoms with Crippen molar-refractivity contribution in [3.05, 3.63) is 59.7 Å². The number of carbonyl (C=O) groups excluding carboxylic acids is 2. The van der Waals surface area contributed by atoms with Crippen LogP contribution in [0.2, 0.25) is 0 Å². The van der Waals surface area contributed by atoms with Crippen molar-refractivity contribution in [3.63, 3.8) is 0 Å². The molecular formula is C17H18N2O3. The van der Waals surface area contributed by atoms with Gasteiger partial charge >= 0.3 is 0 Å². The van der Waals surface area contributed by atoms with Gasteiger partial charge in [-0.3, -0.25) is 9.59 Å². The standard InChI is InChI=1S/C17H18N2O3/c1-12(20)19-15-7-3-5-13(9-15)11-18-17(21)14-6-4-8-16(10-14)22-2/h3-10H,11H2,1-2H3,(H,18,21)(H,19,20). The highest BCUT2D eigenvalue weighted by atomic mass is 16.5. The van der Waals surface area contributed by atoms with E-state index >= 15 is 0 Å². The number of methoxy groups -OCH3 is 1. The molecule has 2 rings (SSSR count). The molecular weight excluding hydrogens is 280 g/mol. The maximum Gasteiger partial charge on any atom is 0.251 e. The van der Waals surface area contributed by atoms with Gasteiger partial charge in [0.2, 0.25) is 5.91 Å². The lowest BCUT2D eigenvalue weighted by molar-refractivity contribution is -0.114. The van der Waals surface area contributed by atoms with Gasteiger partial charge in [0.05, 0.1) is 7.11 Å². The van der Waals surface area contributed by atoms with Gasteiger partial charge in [0.1, 0.15) is 5.75 Å². The first-order chi connectivity index (χ1) is 10.6. The van der Waals surface area contributed by atoms with Crippen LogP contribution in [-0.2, 0) is 11.3 Å². The predicted octanol–water partition coefficient (Wildman–Crippen LogP) is 2.58. The molecule has 2 aromatic rings. The Kier molecular flexibility index (Phi) is 5.14. The summed E-state index contributed by atoms with van der Waals surface area (Å²) in [5.41, 5.74) is 2.15. The Morgan fingerprint density at radius 3 is 2.59 bits per heavy atom. The van der Waals surface area contributed by atoms with Crippen molar-refractivity contribution in [2.24, 2.45) is 0 Å². The fourth-order valence-electron chi connectivity index (χ4n) is 2.01. The van der Waals surface area contributed by atoms with Crippen molar-refractivity contribution in [2.75, 3.05) is 12.4 Å². The summed E-state index contributed by atoms with van der Waals surface area (Å²) in [6.45, 7) is 1.83. The van der Waals surface area contributed by atoms with Gasteiger partial charge in [0.25, 0.3) is 5.91 Å². The van der Waals surface area contributed by atoms with E-state index in [1.807, 2.05) is 18.2 Å². The lowest BCUT2D eigenvalue weighted by atomic mass is 10.1. The van der Waals surface area contributed by atoms with E-state index in [0.717, 1.165) is 5.56 Å². The molecule has 22 heavy (non-hydrogen) atoms. The maximum absolute atomic E-state index is 12.1. The molecule has 0 saturated heterocycles. The molecule has 0 aliphatic carbocycles. The molecule has 2 amide bonds. The van der Waals surface area contributed by atoms with E-state index in [4.69, 9.17) is 4.74 Å². The first kappa shape index (κ1) is 15.6. The van der Waals surface area contributed by atoms with Gasteiger partial charge in [-0.05, 0) is 35.9 Å². The lowest BCUT2D eigenvalue weighted by Crippen LogP contribution is -2.22. The summed E-state index contributed by atoms with van der Waals surface area (Å²) in [7, 11) is 1.56. The van der Waals surface area contributed by atoms with Crippen LogP contribution in [0.1, 0.15) is 22.8 Å². The number of ether oxygens (including phenoxy) is 1. The van der Waals surface area contributed by atoms with Crippen LogP contribution in [-0.4, -0.2) is 18.9 Å². The van der Waals surface area contributed by atoms with Crippen molar-refractivity contribution < 1.29 is 14.3 Å². The van der Waals surface area contributed by atoms with E-state index in [9.17, 15) is 9.59 Å². The Bertz CT molecular complexity index is 683. The molecule has 0 bridgehead atoms. The van der Waals surface area contributed by atoms with E-state index < -0.39 is 0 Å². The average Bonchev–Trinajstić information content (AvgIpc) is 2.52. The SMILES string of the molecule is COc1cccc(C(=O)NCc2cccc(NC(C)=O)c2)c1. The fourth-order valence-corrected chi connectivity index (χ4v) is 2.01. The van der Waals surface area contributed by atoms with Gasteiger partial charge in [-0.15, -0.1) is 0 Å². The molecule has 114 valence electrons. The minimum absolute atomic E-state index is 0.127. The van der Waals surface area contributed by atoms with Crippen LogP contribution < -0.4 is 15.4 Å². The number of hydrogen-bond donors (Lipinski definition) is 2. The summed E-state index contributed by atoms with van der Waals surface area (Å²) in [4.78, 5) is 23.2. The quantitative estimate of drug-likeness (QED) is 0.891. The molecule has 0 saturated carbocycles. The molecule has 0 spiro atoms. The number of nitrogens with one attached hydrogen (secondary N) is 2. The summed E-state index contributed by atoms with van der Waals surface area (Å²) < 4.78 is 5.10. The van der Waals surface area contributed by atoms with Crippen molar-refractivity contribution in [3.8, 4) is 5.75 Å². The Morgan fingerprint density at radius 2 is 1.86 bits per heavy atom. The molecule has 0 fully saturated rings. The van der Waals surface area contributed by atoms with Gasteiger partial charge < -0.3 is 15.4 Å². The number of anilines is 1. The second kappa shape index (κ2) is 7.26. The van der Waals surface area contributed by atoms with Crippen LogP contribution >= 0.6 is 0 Å². The summed E-state index contributed by atoms with van der Waals surface area (Å²) in [6.07, 6.45) is 0. The first-order valence-electron chi connectivity index (χ1n) is 6.87. The van der Waals surface area contributed by atoms with E-state index in [0.29, 0.717) is 23.5 Å². The maximum atomic E-state index is 12.1. The normalized spacial score (nSPS) is 9.91. The number of amides is 2. The molecule has 0 radical (unpaired) electrons. The molecule has 0 aromatic heterocycles. The fraction of sp³-hybridized carbons (Fsp3) is 0.176. The second-order valence-corrected chi connectivity index (χ2v) is 4.80. The van der Waals surface area contributed by atoms with Gasteiger partial charge in [0, 0.05) is 24.7 Å². The Labute approximate surface area is 129 Å². The van der Waals surface area contributed by atoms with Crippen LogP contribution in [0.3, 0.4) is 0 Å². The number of rotatable bonds is 5. The second-order valence-electron chi connectivity index (χ2n) is 4.80. The Hall–Kier alpha value is -2.82. The molecule has 2 N–H and O–H groups in total. The predicted molar refractivity (Wildman–Crippen MR) is 84.9 cm³/mol. The molecule has 0 heterocycles. The molecule has 0 atom stereocenters. The summed E-state index contributed by atoms with van der Waals surface area (Å²) in [5.74, 6) is 0.335. The van der Waals surface area contributed by atoms with Gasteiger partial charge in [-0.2, -0.15) is 0 Å². The summed E-state index contributed by atoms with van der Waals surface area (Å²) in [6, 6.07) is 14.3. The van der Waals surface area contributed by atoms with E-state index in [1.54, 1.807) is 37.4 Å². The summed E-state index contributed by atoms with van der Waals surface area (Å²) in [5, 5.41) is 5.55. The highest BCUT2D eigenvalue weighted by molar-refractivity contribution is 5.94. The van der Waals surface area contributed by atoms with Crippen LogP contribution in [0.4, 0.5) is 5.69 Å². The van der Waals surface area contributed by atoms with Crippen molar-refractivity contribution in [1.29, 1.82) is 0 Å². The third-order valence-electron chi connectivity index (χ3n) is 3.03. The molecule has 0 unspecified atom stereocenters. The van der Waals surface area contributed by atoms with E-state index in [1.165, 1.54) is 6.92 Å². The largest absolute Gasteiger partial charge is 0.497 e. The van der Waals surface area contributed by atoms with E-state index in [2.05, 4.69) is 10.6 Å². The zero-order valence-corrected chi connectivity index (χ0v) is 12.6. The number of benzene rings is 2. The van der Waals surface area contributed by atoms with E-state index in [-0.39, 0.29) is 11.8 Å². The highest BCUT2D eigenvalue weighted by Crippen LogP contribution is 2.13. The van der Waals surface area contributed by atoms with Crippen molar-refractivity contribution in [2.45, 2.75) is 13.5 Å². The third-order valence-corrected chi connectivity index (χ3v) is 3.03. The zero-order valence-electron chi connectivity index (χ0n) is 12.6. The zero-order chi connectivity index (χ0) is 15.9. The third kappa shape index (κ3) is 4.34. The molecule has 0 aliphatic heterocycles. The van der Waals surface area contributed by atoms with Gasteiger partial charge in [-0.1, -0.05) is 18.2 Å². The lowest BCUT2D eigenvalue weighted by Gasteiger charge is -2.08. The molecule has 0 aliphatic rings.